The Labute approximate surface area is 234 Å². The molecule has 3 atom stereocenters. The number of carboxylic acid groups (broad SMARTS) is 1. The van der Waals surface area contributed by atoms with Gasteiger partial charge in [-0.25, -0.2) is 9.59 Å². The first kappa shape index (κ1) is 28.8. The summed E-state index contributed by atoms with van der Waals surface area (Å²) in [5.41, 5.74) is 5.40. The molecule has 210 valence electrons. The van der Waals surface area contributed by atoms with E-state index in [-0.39, 0.29) is 19.1 Å². The number of alkyl carbamates (subject to hydrolysis) is 1. The van der Waals surface area contributed by atoms with Gasteiger partial charge in [0.25, 0.3) is 0 Å². The maximum absolute atomic E-state index is 13.3. The van der Waals surface area contributed by atoms with Crippen molar-refractivity contribution in [2.24, 2.45) is 0 Å². The Balaban J connectivity index is 1.46. The summed E-state index contributed by atoms with van der Waals surface area (Å²) in [6.45, 7) is 2.29. The molecule has 3 aromatic rings. The van der Waals surface area contributed by atoms with Crippen molar-refractivity contribution in [3.8, 4) is 11.1 Å². The average molecular weight is 546 g/mol. The van der Waals surface area contributed by atoms with Crippen LogP contribution in [0.2, 0.25) is 0 Å². The normalized spacial score (nSPS) is 14.5. The number of carbonyl (C=O) groups is 3. The lowest BCUT2D eigenvalue weighted by Gasteiger charge is -2.27. The molecule has 0 spiro atoms. The topological polar surface area (TPSA) is 117 Å². The molecular formula is C31H35N3O6. The largest absolute Gasteiger partial charge is 0.480 e. The van der Waals surface area contributed by atoms with E-state index in [0.717, 1.165) is 27.8 Å². The number of carbonyl (C=O) groups excluding carboxylic acids is 2. The van der Waals surface area contributed by atoms with E-state index in [0.29, 0.717) is 6.54 Å². The summed E-state index contributed by atoms with van der Waals surface area (Å²) in [5.74, 6) is -2.02. The lowest BCUT2D eigenvalue weighted by molar-refractivity contribution is -0.145. The monoisotopic (exact) mass is 545 g/mol. The lowest BCUT2D eigenvalue weighted by atomic mass is 9.98. The molecule has 0 fully saturated rings. The molecule has 9 heteroatoms. The minimum atomic E-state index is -1.29. The maximum atomic E-state index is 13.3. The van der Waals surface area contributed by atoms with E-state index in [1.165, 1.54) is 7.11 Å². The summed E-state index contributed by atoms with van der Waals surface area (Å²) in [6.07, 6.45) is -1.54. The summed E-state index contributed by atoms with van der Waals surface area (Å²) in [7, 11) is 3.19. The van der Waals surface area contributed by atoms with Crippen LogP contribution in [0.15, 0.2) is 78.9 Å². The van der Waals surface area contributed by atoms with Crippen molar-refractivity contribution in [3.63, 3.8) is 0 Å². The number of hydrogen-bond acceptors (Lipinski definition) is 6. The smallest absolute Gasteiger partial charge is 0.407 e. The van der Waals surface area contributed by atoms with E-state index in [4.69, 9.17) is 9.47 Å². The summed E-state index contributed by atoms with van der Waals surface area (Å²) < 4.78 is 10.8. The fourth-order valence-electron chi connectivity index (χ4n) is 5.02. The van der Waals surface area contributed by atoms with E-state index in [2.05, 4.69) is 22.8 Å². The van der Waals surface area contributed by atoms with Crippen LogP contribution in [-0.4, -0.2) is 73.5 Å². The third-order valence-electron chi connectivity index (χ3n) is 7.15. The van der Waals surface area contributed by atoms with Crippen LogP contribution in [0.4, 0.5) is 4.79 Å². The number of benzene rings is 3. The van der Waals surface area contributed by atoms with E-state index in [1.807, 2.05) is 78.7 Å². The van der Waals surface area contributed by atoms with Crippen molar-refractivity contribution in [1.29, 1.82) is 0 Å². The Bertz CT molecular complexity index is 1290. The van der Waals surface area contributed by atoms with Crippen LogP contribution in [0, 0.1) is 0 Å². The number of fused-ring (bicyclic) bond motifs is 3. The third kappa shape index (κ3) is 6.86. The fourth-order valence-corrected chi connectivity index (χ4v) is 5.02. The molecule has 4 rings (SSSR count). The second-order valence-electron chi connectivity index (χ2n) is 9.97. The minimum Gasteiger partial charge on any atom is -0.480 e. The molecule has 40 heavy (non-hydrogen) atoms. The Hall–Kier alpha value is -4.21. The van der Waals surface area contributed by atoms with Gasteiger partial charge in [0.1, 0.15) is 12.6 Å². The molecule has 0 radical (unpaired) electrons. The number of ether oxygens (including phenoxy) is 2. The van der Waals surface area contributed by atoms with Crippen molar-refractivity contribution >= 4 is 18.0 Å². The van der Waals surface area contributed by atoms with Crippen molar-refractivity contribution in [2.45, 2.75) is 37.6 Å². The molecule has 3 N–H and O–H groups in total. The Morgan fingerprint density at radius 3 is 2.05 bits per heavy atom. The van der Waals surface area contributed by atoms with E-state index in [9.17, 15) is 19.5 Å². The highest BCUT2D eigenvalue weighted by atomic mass is 16.5. The van der Waals surface area contributed by atoms with Crippen molar-refractivity contribution in [2.75, 3.05) is 27.3 Å². The van der Waals surface area contributed by atoms with Crippen LogP contribution >= 0.6 is 0 Å². The average Bonchev–Trinajstić information content (AvgIpc) is 3.27. The van der Waals surface area contributed by atoms with Crippen LogP contribution in [0.3, 0.4) is 0 Å². The van der Waals surface area contributed by atoms with Crippen molar-refractivity contribution < 1.29 is 29.0 Å². The van der Waals surface area contributed by atoms with E-state index >= 15 is 0 Å². The van der Waals surface area contributed by atoms with Gasteiger partial charge in [-0.1, -0.05) is 78.9 Å². The van der Waals surface area contributed by atoms with Gasteiger partial charge < -0.3 is 25.2 Å². The molecule has 3 unspecified atom stereocenters. The SMILES string of the molecule is COC(C)C(NC(=O)C(CN(C)Cc1ccccc1)NC(=O)OCC1c2ccccc2-c2ccccc21)C(=O)O. The predicted octanol–water partition coefficient (Wildman–Crippen LogP) is 3.63. The van der Waals surface area contributed by atoms with Gasteiger partial charge in [-0.2, -0.15) is 0 Å². The Kier molecular flexibility index (Phi) is 9.52. The van der Waals surface area contributed by atoms with Gasteiger partial charge in [-0.15, -0.1) is 0 Å². The molecule has 0 saturated heterocycles. The number of methoxy groups -OCH3 is 1. The standard InChI is InChI=1S/C31H35N3O6/c1-20(39-3)28(30(36)37)33-29(35)27(18-34(2)17-21-11-5-4-6-12-21)32-31(38)40-19-26-24-15-9-7-13-22(24)23-14-8-10-16-25(23)26/h4-16,20,26-28H,17-19H2,1-3H3,(H,32,38)(H,33,35)(H,36,37). The highest BCUT2D eigenvalue weighted by Crippen LogP contribution is 2.44. The lowest BCUT2D eigenvalue weighted by Crippen LogP contribution is -2.57. The highest BCUT2D eigenvalue weighted by molar-refractivity contribution is 5.89. The molecule has 1 aliphatic carbocycles. The molecule has 0 aromatic heterocycles. The van der Waals surface area contributed by atoms with Crippen molar-refractivity contribution in [1.82, 2.24) is 15.5 Å². The number of likely N-dealkylation sites (N-methyl/N-ethyl adjacent to an activating group) is 1. The van der Waals surface area contributed by atoms with Gasteiger partial charge in [0.2, 0.25) is 5.91 Å². The maximum Gasteiger partial charge on any atom is 0.407 e. The second kappa shape index (κ2) is 13.2. The van der Waals surface area contributed by atoms with Gasteiger partial charge in [0.15, 0.2) is 6.04 Å². The first-order chi connectivity index (χ1) is 19.3. The zero-order valence-corrected chi connectivity index (χ0v) is 22.9. The molecule has 2 amide bonds. The highest BCUT2D eigenvalue weighted by Gasteiger charge is 2.33. The number of hydrogen-bond donors (Lipinski definition) is 3. The van der Waals surface area contributed by atoms with Gasteiger partial charge >= 0.3 is 12.1 Å². The van der Waals surface area contributed by atoms with Crippen LogP contribution < -0.4 is 10.6 Å². The van der Waals surface area contributed by atoms with E-state index < -0.39 is 36.2 Å². The van der Waals surface area contributed by atoms with Crippen molar-refractivity contribution in [3.05, 3.63) is 95.6 Å². The number of amides is 2. The fraction of sp³-hybridized carbons (Fsp3) is 0.323. The number of aliphatic carboxylic acids is 1. The molecule has 3 aromatic carbocycles. The Morgan fingerprint density at radius 2 is 1.48 bits per heavy atom. The first-order valence-electron chi connectivity index (χ1n) is 13.2. The van der Waals surface area contributed by atoms with Gasteiger partial charge in [-0.3, -0.25) is 9.69 Å². The van der Waals surface area contributed by atoms with Crippen LogP contribution in [0.1, 0.15) is 29.5 Å². The zero-order valence-electron chi connectivity index (χ0n) is 22.9. The Morgan fingerprint density at radius 1 is 0.900 bits per heavy atom. The minimum absolute atomic E-state index is 0.0898. The van der Waals surface area contributed by atoms with Crippen LogP contribution in [-0.2, 0) is 25.6 Å². The van der Waals surface area contributed by atoms with E-state index in [1.54, 1.807) is 6.92 Å². The summed E-state index contributed by atoms with van der Waals surface area (Å²) in [6, 6.07) is 23.4. The summed E-state index contributed by atoms with van der Waals surface area (Å²) in [4.78, 5) is 39.9. The predicted molar refractivity (Wildman–Crippen MR) is 151 cm³/mol. The molecule has 0 aliphatic heterocycles. The number of carboxylic acids is 1. The molecule has 0 bridgehead atoms. The second-order valence-corrected chi connectivity index (χ2v) is 9.97. The number of rotatable bonds is 12. The van der Waals surface area contributed by atoms with Gasteiger partial charge in [0.05, 0.1) is 6.10 Å². The summed E-state index contributed by atoms with van der Waals surface area (Å²) in [5, 5.41) is 14.8. The number of nitrogens with zero attached hydrogens (tertiary/aromatic N) is 1. The molecular weight excluding hydrogens is 510 g/mol. The zero-order chi connectivity index (χ0) is 28.6. The molecule has 0 saturated carbocycles. The quantitative estimate of drug-likeness (QED) is 0.318. The van der Waals surface area contributed by atoms with Gasteiger partial charge in [0, 0.05) is 26.1 Å². The van der Waals surface area contributed by atoms with Crippen LogP contribution in [0.5, 0.6) is 0 Å². The third-order valence-corrected chi connectivity index (χ3v) is 7.15. The number of nitrogens with one attached hydrogen (secondary N) is 2. The first-order valence-corrected chi connectivity index (χ1v) is 13.2. The molecule has 0 heterocycles. The molecule has 1 aliphatic rings. The van der Waals surface area contributed by atoms with Gasteiger partial charge in [-0.05, 0) is 41.8 Å². The molecule has 9 nitrogen and oxygen atoms in total. The van der Waals surface area contributed by atoms with Crippen LogP contribution in [0.25, 0.3) is 11.1 Å². The summed E-state index contributed by atoms with van der Waals surface area (Å²) >= 11 is 0.